The summed E-state index contributed by atoms with van der Waals surface area (Å²) in [5.41, 5.74) is 5.59. The lowest BCUT2D eigenvalue weighted by molar-refractivity contribution is 0.0736. The van der Waals surface area contributed by atoms with Crippen molar-refractivity contribution in [3.05, 3.63) is 0 Å². The van der Waals surface area contributed by atoms with Crippen LogP contribution in [0.5, 0.6) is 0 Å². The number of hydrogen-bond acceptors (Lipinski definition) is 3. The Kier molecular flexibility index (Phi) is 6.15. The Morgan fingerprint density at radius 3 is 2.86 bits per heavy atom. The minimum Gasteiger partial charge on any atom is -0.377 e. The van der Waals surface area contributed by atoms with Crippen molar-refractivity contribution in [2.45, 2.75) is 38.7 Å². The molecule has 0 aromatic heterocycles. The van der Waals surface area contributed by atoms with E-state index < -0.39 is 0 Å². The summed E-state index contributed by atoms with van der Waals surface area (Å²) in [7, 11) is 0. The topological polar surface area (TPSA) is 38.5 Å². The molecule has 0 saturated carbocycles. The van der Waals surface area contributed by atoms with Gasteiger partial charge in [0, 0.05) is 26.2 Å². The largest absolute Gasteiger partial charge is 0.377 e. The first-order chi connectivity index (χ1) is 6.86. The summed E-state index contributed by atoms with van der Waals surface area (Å²) in [4.78, 5) is 2.44. The predicted octanol–water partition coefficient (Wildman–Crippen LogP) is 1.23. The van der Waals surface area contributed by atoms with Gasteiger partial charge in [0.2, 0.25) is 0 Å². The Hall–Kier alpha value is -0.120. The molecule has 0 aliphatic carbocycles. The van der Waals surface area contributed by atoms with Gasteiger partial charge in [0.15, 0.2) is 0 Å². The first-order valence-corrected chi connectivity index (χ1v) is 5.90. The van der Waals surface area contributed by atoms with Crippen LogP contribution >= 0.6 is 0 Å². The smallest absolute Gasteiger partial charge is 0.0702 e. The zero-order valence-electron chi connectivity index (χ0n) is 9.37. The summed E-state index contributed by atoms with van der Waals surface area (Å²) in [6.07, 6.45) is 5.46. The summed E-state index contributed by atoms with van der Waals surface area (Å²) < 4.78 is 5.63. The Bertz CT molecular complexity index is 135. The van der Waals surface area contributed by atoms with Crippen molar-refractivity contribution in [3.8, 4) is 0 Å². The van der Waals surface area contributed by atoms with Crippen molar-refractivity contribution in [2.24, 2.45) is 5.73 Å². The molecule has 0 radical (unpaired) electrons. The van der Waals surface area contributed by atoms with Gasteiger partial charge in [-0.25, -0.2) is 0 Å². The van der Waals surface area contributed by atoms with E-state index >= 15 is 0 Å². The molecule has 1 fully saturated rings. The van der Waals surface area contributed by atoms with Crippen LogP contribution in [0.15, 0.2) is 0 Å². The molecule has 0 aromatic rings. The van der Waals surface area contributed by atoms with Crippen LogP contribution in [0, 0.1) is 0 Å². The maximum absolute atomic E-state index is 5.63. The Morgan fingerprint density at radius 1 is 1.43 bits per heavy atom. The molecule has 0 bridgehead atoms. The molecule has 1 rings (SSSR count). The van der Waals surface area contributed by atoms with Crippen molar-refractivity contribution in [3.63, 3.8) is 0 Å². The lowest BCUT2D eigenvalue weighted by atomic mass is 10.2. The van der Waals surface area contributed by atoms with E-state index in [-0.39, 0.29) is 0 Å². The fourth-order valence-electron chi connectivity index (χ4n) is 1.93. The van der Waals surface area contributed by atoms with E-state index in [2.05, 4.69) is 11.8 Å². The number of rotatable bonds is 7. The predicted molar refractivity (Wildman–Crippen MR) is 59.4 cm³/mol. The fourth-order valence-corrected chi connectivity index (χ4v) is 1.93. The van der Waals surface area contributed by atoms with Crippen molar-refractivity contribution < 1.29 is 4.74 Å². The lowest BCUT2D eigenvalue weighted by Gasteiger charge is -2.24. The molecule has 1 heterocycles. The molecule has 0 amide bonds. The molecule has 1 aliphatic rings. The molecule has 0 aromatic carbocycles. The maximum Gasteiger partial charge on any atom is 0.0702 e. The third-order valence-electron chi connectivity index (χ3n) is 2.76. The van der Waals surface area contributed by atoms with Gasteiger partial charge in [-0.2, -0.15) is 0 Å². The first-order valence-electron chi connectivity index (χ1n) is 5.90. The van der Waals surface area contributed by atoms with E-state index in [1.54, 1.807) is 0 Å². The highest BCUT2D eigenvalue weighted by Crippen LogP contribution is 2.13. The third kappa shape index (κ3) is 4.40. The normalized spacial score (nSPS) is 22.1. The van der Waals surface area contributed by atoms with E-state index in [4.69, 9.17) is 10.5 Å². The van der Waals surface area contributed by atoms with Gasteiger partial charge in [0.25, 0.3) is 0 Å². The number of ether oxygens (including phenoxy) is 1. The van der Waals surface area contributed by atoms with Crippen LogP contribution in [0.4, 0.5) is 0 Å². The van der Waals surface area contributed by atoms with E-state index in [0.29, 0.717) is 6.10 Å². The number of unbranched alkanes of at least 4 members (excludes halogenated alkanes) is 1. The molecular formula is C11H24N2O. The molecule has 3 heteroatoms. The van der Waals surface area contributed by atoms with Crippen LogP contribution in [-0.2, 0) is 4.74 Å². The molecule has 3 nitrogen and oxygen atoms in total. The van der Waals surface area contributed by atoms with Gasteiger partial charge >= 0.3 is 0 Å². The van der Waals surface area contributed by atoms with Crippen molar-refractivity contribution in [1.82, 2.24) is 4.90 Å². The molecule has 14 heavy (non-hydrogen) atoms. The summed E-state index contributed by atoms with van der Waals surface area (Å²) in [6, 6.07) is 0. The highest BCUT2D eigenvalue weighted by molar-refractivity contribution is 4.70. The van der Waals surface area contributed by atoms with E-state index in [1.807, 2.05) is 0 Å². The summed E-state index contributed by atoms with van der Waals surface area (Å²) in [5.74, 6) is 0. The highest BCUT2D eigenvalue weighted by atomic mass is 16.5. The lowest BCUT2D eigenvalue weighted by Crippen LogP contribution is -2.36. The van der Waals surface area contributed by atoms with E-state index in [1.165, 1.54) is 32.2 Å². The Labute approximate surface area is 87.6 Å². The van der Waals surface area contributed by atoms with Gasteiger partial charge in [0.05, 0.1) is 6.10 Å². The van der Waals surface area contributed by atoms with Gasteiger partial charge in [-0.1, -0.05) is 13.3 Å². The van der Waals surface area contributed by atoms with Gasteiger partial charge in [-0.15, -0.1) is 0 Å². The average molecular weight is 200 g/mol. The van der Waals surface area contributed by atoms with E-state index in [0.717, 1.165) is 26.2 Å². The second kappa shape index (κ2) is 7.21. The van der Waals surface area contributed by atoms with Crippen LogP contribution in [0.25, 0.3) is 0 Å². The third-order valence-corrected chi connectivity index (χ3v) is 2.76. The van der Waals surface area contributed by atoms with Crippen molar-refractivity contribution in [1.29, 1.82) is 0 Å². The molecule has 1 aliphatic heterocycles. The average Bonchev–Trinajstić information content (AvgIpc) is 2.67. The standard InChI is InChI=1S/C11H24N2O/c1-2-3-7-13(8-6-12)10-11-5-4-9-14-11/h11H,2-10,12H2,1H3. The van der Waals surface area contributed by atoms with Crippen LogP contribution in [-0.4, -0.2) is 43.8 Å². The number of nitrogens with zero attached hydrogens (tertiary/aromatic N) is 1. The van der Waals surface area contributed by atoms with Crippen molar-refractivity contribution in [2.75, 3.05) is 32.8 Å². The van der Waals surface area contributed by atoms with Crippen molar-refractivity contribution >= 4 is 0 Å². The van der Waals surface area contributed by atoms with Gasteiger partial charge in [0.1, 0.15) is 0 Å². The zero-order valence-corrected chi connectivity index (χ0v) is 9.37. The molecule has 84 valence electrons. The molecular weight excluding hydrogens is 176 g/mol. The molecule has 1 unspecified atom stereocenters. The molecule has 0 spiro atoms. The molecule has 1 atom stereocenters. The second-order valence-electron chi connectivity index (χ2n) is 4.08. The van der Waals surface area contributed by atoms with Gasteiger partial charge < -0.3 is 10.5 Å². The maximum atomic E-state index is 5.63. The Morgan fingerprint density at radius 2 is 2.29 bits per heavy atom. The van der Waals surface area contributed by atoms with E-state index in [9.17, 15) is 0 Å². The number of nitrogens with two attached hydrogens (primary N) is 1. The number of hydrogen-bond donors (Lipinski definition) is 1. The molecule has 2 N–H and O–H groups in total. The minimum absolute atomic E-state index is 0.471. The minimum atomic E-state index is 0.471. The SMILES string of the molecule is CCCCN(CCN)CC1CCCO1. The van der Waals surface area contributed by atoms with Gasteiger partial charge in [-0.3, -0.25) is 4.90 Å². The van der Waals surface area contributed by atoms with Gasteiger partial charge in [-0.05, 0) is 25.8 Å². The second-order valence-corrected chi connectivity index (χ2v) is 4.08. The van der Waals surface area contributed by atoms with Crippen LogP contribution < -0.4 is 5.73 Å². The summed E-state index contributed by atoms with van der Waals surface area (Å²) in [5, 5.41) is 0. The Balaban J connectivity index is 2.18. The highest BCUT2D eigenvalue weighted by Gasteiger charge is 2.18. The monoisotopic (exact) mass is 200 g/mol. The zero-order chi connectivity index (χ0) is 10.2. The summed E-state index contributed by atoms with van der Waals surface area (Å²) in [6.45, 7) is 7.21. The first kappa shape index (κ1) is 12.0. The van der Waals surface area contributed by atoms with Crippen LogP contribution in [0.2, 0.25) is 0 Å². The quantitative estimate of drug-likeness (QED) is 0.671. The summed E-state index contributed by atoms with van der Waals surface area (Å²) >= 11 is 0. The molecule has 1 saturated heterocycles. The van der Waals surface area contributed by atoms with Crippen LogP contribution in [0.1, 0.15) is 32.6 Å². The fraction of sp³-hybridized carbons (Fsp3) is 1.00. The van der Waals surface area contributed by atoms with Crippen LogP contribution in [0.3, 0.4) is 0 Å².